The van der Waals surface area contributed by atoms with Crippen LogP contribution in [-0.2, 0) is 10.0 Å². The predicted molar refractivity (Wildman–Crippen MR) is 82.9 cm³/mol. The second kappa shape index (κ2) is 8.30. The van der Waals surface area contributed by atoms with Gasteiger partial charge in [0.25, 0.3) is 0 Å². The Morgan fingerprint density at radius 1 is 1.35 bits per heavy atom. The first-order chi connectivity index (χ1) is 9.49. The molecule has 1 unspecified atom stereocenters. The summed E-state index contributed by atoms with van der Waals surface area (Å²) in [6, 6.07) is 6.73. The molecule has 0 aliphatic heterocycles. The first-order valence-electron chi connectivity index (χ1n) is 6.60. The van der Waals surface area contributed by atoms with Crippen LogP contribution in [0, 0.1) is 17.6 Å². The van der Waals surface area contributed by atoms with E-state index in [-0.39, 0.29) is 16.7 Å². The molecule has 1 atom stereocenters. The zero-order chi connectivity index (χ0) is 15.0. The molecule has 0 saturated carbocycles. The molecule has 1 rings (SSSR count). The average Bonchev–Trinajstić information content (AvgIpc) is 2.42. The minimum absolute atomic E-state index is 0.000161. The van der Waals surface area contributed by atoms with Crippen LogP contribution in [0.5, 0.6) is 0 Å². The molecule has 0 aliphatic rings. The van der Waals surface area contributed by atoms with E-state index in [0.717, 1.165) is 36.6 Å². The van der Waals surface area contributed by atoms with Crippen LogP contribution in [0.4, 0.5) is 0 Å². The molecule has 0 spiro atoms. The minimum Gasteiger partial charge on any atom is -0.210 e. The largest absolute Gasteiger partial charge is 0.240 e. The fourth-order valence-corrected chi connectivity index (χ4v) is 3.50. The lowest BCUT2D eigenvalue weighted by Gasteiger charge is -2.13. The van der Waals surface area contributed by atoms with Gasteiger partial charge in [0.1, 0.15) is 5.40 Å². The van der Waals surface area contributed by atoms with E-state index in [0.29, 0.717) is 0 Å². The Morgan fingerprint density at radius 2 is 2.00 bits per heavy atom. The predicted octanol–water partition coefficient (Wildman–Crippen LogP) is 3.05. The number of hydrogen-bond donors (Lipinski definition) is 1. The van der Waals surface area contributed by atoms with Gasteiger partial charge in [-0.25, -0.2) is 13.1 Å². The Kier molecular flexibility index (Phi) is 7.06. The quantitative estimate of drug-likeness (QED) is 0.749. The van der Waals surface area contributed by atoms with Crippen molar-refractivity contribution >= 4 is 21.8 Å². The number of rotatable bonds is 8. The van der Waals surface area contributed by atoms with Crippen LogP contribution in [0.25, 0.3) is 0 Å². The molecule has 0 aliphatic carbocycles. The number of thiocyanates is 1. The summed E-state index contributed by atoms with van der Waals surface area (Å²) in [5.74, 6) is 0. The van der Waals surface area contributed by atoms with Crippen molar-refractivity contribution < 1.29 is 8.42 Å². The number of thioether (sulfide) groups is 1. The molecular weight excluding hydrogens is 292 g/mol. The van der Waals surface area contributed by atoms with Gasteiger partial charge in [-0.15, -0.1) is 0 Å². The zero-order valence-electron chi connectivity index (χ0n) is 11.8. The molecule has 0 saturated heterocycles. The number of sulfonamides is 1. The van der Waals surface area contributed by atoms with Gasteiger partial charge in [0.15, 0.2) is 0 Å². The van der Waals surface area contributed by atoms with Gasteiger partial charge in [-0.05, 0) is 37.2 Å². The van der Waals surface area contributed by atoms with E-state index in [1.807, 2.05) is 12.3 Å². The van der Waals surface area contributed by atoms with Gasteiger partial charge in [0, 0.05) is 11.8 Å². The fourth-order valence-electron chi connectivity index (χ4n) is 1.71. The minimum atomic E-state index is -3.49. The summed E-state index contributed by atoms with van der Waals surface area (Å²) in [4.78, 5) is 0.263. The summed E-state index contributed by atoms with van der Waals surface area (Å²) in [5, 5.41) is 10.8. The molecule has 0 amide bonds. The van der Waals surface area contributed by atoms with E-state index >= 15 is 0 Å². The molecule has 20 heavy (non-hydrogen) atoms. The van der Waals surface area contributed by atoms with Crippen LogP contribution in [0.2, 0.25) is 0 Å². The number of nitrogens with zero attached hydrogens (tertiary/aromatic N) is 1. The first-order valence-corrected chi connectivity index (χ1v) is 8.97. The summed E-state index contributed by atoms with van der Waals surface area (Å²) in [7, 11) is -3.49. The normalized spacial score (nSPS) is 12.8. The van der Waals surface area contributed by atoms with Crippen LogP contribution >= 0.6 is 11.8 Å². The molecular formula is C14H20N2O2S2. The average molecular weight is 312 g/mol. The maximum atomic E-state index is 12.1. The first kappa shape index (κ1) is 17.0. The van der Waals surface area contributed by atoms with E-state index < -0.39 is 10.0 Å². The molecule has 0 radical (unpaired) electrons. The van der Waals surface area contributed by atoms with Crippen molar-refractivity contribution in [1.82, 2.24) is 4.72 Å². The van der Waals surface area contributed by atoms with Crippen LogP contribution in [-0.4, -0.2) is 20.2 Å². The number of benzene rings is 1. The maximum Gasteiger partial charge on any atom is 0.240 e. The standard InChI is InChI=1S/C14H20N2O2S2/c1-3-4-5-13(19-11-15)10-16-20(17,18)14-8-6-12(2)7-9-14/h6-9,13,16H,3-5,10H2,1-2H3. The van der Waals surface area contributed by atoms with Crippen molar-refractivity contribution in [3.05, 3.63) is 29.8 Å². The Balaban J connectivity index is 2.65. The monoisotopic (exact) mass is 312 g/mol. The summed E-state index contributed by atoms with van der Waals surface area (Å²) < 4.78 is 26.8. The Morgan fingerprint density at radius 3 is 2.55 bits per heavy atom. The third kappa shape index (κ3) is 5.53. The zero-order valence-corrected chi connectivity index (χ0v) is 13.4. The third-order valence-electron chi connectivity index (χ3n) is 2.93. The molecule has 0 fully saturated rings. The highest BCUT2D eigenvalue weighted by molar-refractivity contribution is 8.04. The molecule has 1 aromatic rings. The van der Waals surface area contributed by atoms with Gasteiger partial charge >= 0.3 is 0 Å². The fraction of sp³-hybridized carbons (Fsp3) is 0.500. The SMILES string of the molecule is CCCCC(CNS(=O)(=O)c1ccc(C)cc1)SC#N. The lowest BCUT2D eigenvalue weighted by molar-refractivity contribution is 0.576. The second-order valence-electron chi connectivity index (χ2n) is 4.64. The third-order valence-corrected chi connectivity index (χ3v) is 5.21. The number of aryl methyl sites for hydroxylation is 1. The highest BCUT2D eigenvalue weighted by Gasteiger charge is 2.17. The molecule has 0 heterocycles. The van der Waals surface area contributed by atoms with Crippen molar-refractivity contribution in [3.8, 4) is 5.40 Å². The van der Waals surface area contributed by atoms with Gasteiger partial charge in [-0.2, -0.15) is 5.26 Å². The molecule has 0 aromatic heterocycles. The Labute approximate surface area is 125 Å². The second-order valence-corrected chi connectivity index (χ2v) is 7.49. The molecule has 4 nitrogen and oxygen atoms in total. The van der Waals surface area contributed by atoms with E-state index in [1.54, 1.807) is 24.3 Å². The Bertz CT molecular complexity index is 548. The molecule has 0 bridgehead atoms. The van der Waals surface area contributed by atoms with E-state index in [9.17, 15) is 8.42 Å². The van der Waals surface area contributed by atoms with Gasteiger partial charge in [-0.1, -0.05) is 37.5 Å². The highest BCUT2D eigenvalue weighted by Crippen LogP contribution is 2.17. The number of nitrogens with one attached hydrogen (secondary N) is 1. The molecule has 1 N–H and O–H groups in total. The Hall–Kier alpha value is -1.03. The lowest BCUT2D eigenvalue weighted by Crippen LogP contribution is -2.30. The van der Waals surface area contributed by atoms with Gasteiger partial charge in [0.05, 0.1) is 4.90 Å². The number of nitriles is 1. The van der Waals surface area contributed by atoms with Crippen LogP contribution in [0.3, 0.4) is 0 Å². The molecule has 1 aromatic carbocycles. The van der Waals surface area contributed by atoms with Crippen LogP contribution in [0.1, 0.15) is 31.7 Å². The van der Waals surface area contributed by atoms with Crippen LogP contribution in [0.15, 0.2) is 29.2 Å². The lowest BCUT2D eigenvalue weighted by atomic mass is 10.2. The van der Waals surface area contributed by atoms with E-state index in [4.69, 9.17) is 5.26 Å². The van der Waals surface area contributed by atoms with E-state index in [2.05, 4.69) is 11.6 Å². The van der Waals surface area contributed by atoms with Crippen molar-refractivity contribution in [3.63, 3.8) is 0 Å². The van der Waals surface area contributed by atoms with Gasteiger partial charge in [-0.3, -0.25) is 0 Å². The summed E-state index contributed by atoms with van der Waals surface area (Å²) >= 11 is 1.13. The van der Waals surface area contributed by atoms with Gasteiger partial charge in [0.2, 0.25) is 10.0 Å². The maximum absolute atomic E-state index is 12.1. The van der Waals surface area contributed by atoms with Crippen molar-refractivity contribution in [2.45, 2.75) is 43.3 Å². The smallest absolute Gasteiger partial charge is 0.210 e. The topological polar surface area (TPSA) is 70.0 Å². The van der Waals surface area contributed by atoms with Crippen molar-refractivity contribution in [1.29, 1.82) is 5.26 Å². The van der Waals surface area contributed by atoms with Crippen molar-refractivity contribution in [2.24, 2.45) is 0 Å². The molecule has 110 valence electrons. The van der Waals surface area contributed by atoms with Crippen molar-refractivity contribution in [2.75, 3.05) is 6.54 Å². The summed E-state index contributed by atoms with van der Waals surface area (Å²) in [6.45, 7) is 4.27. The summed E-state index contributed by atoms with van der Waals surface area (Å²) in [6.07, 6.45) is 2.87. The number of unbranched alkanes of at least 4 members (excludes halogenated alkanes) is 1. The van der Waals surface area contributed by atoms with E-state index in [1.165, 1.54) is 0 Å². The van der Waals surface area contributed by atoms with Crippen LogP contribution < -0.4 is 4.72 Å². The summed E-state index contributed by atoms with van der Waals surface area (Å²) in [5.41, 5.74) is 1.02. The van der Waals surface area contributed by atoms with Gasteiger partial charge < -0.3 is 0 Å². The highest BCUT2D eigenvalue weighted by atomic mass is 32.2. The number of hydrogen-bond acceptors (Lipinski definition) is 4. The molecule has 6 heteroatoms.